The van der Waals surface area contributed by atoms with Crippen LogP contribution in [-0.4, -0.2) is 41.7 Å². The lowest BCUT2D eigenvalue weighted by atomic mass is 10.1. The zero-order valence-corrected chi connectivity index (χ0v) is 17.0. The van der Waals surface area contributed by atoms with E-state index < -0.39 is 18.0 Å². The number of aryl methyl sites for hydroxylation is 1. The number of amidine groups is 1. The van der Waals surface area contributed by atoms with E-state index in [9.17, 15) is 9.90 Å². The Kier molecular flexibility index (Phi) is 5.37. The van der Waals surface area contributed by atoms with Gasteiger partial charge in [-0.25, -0.2) is 19.7 Å². The first-order valence-electron chi connectivity index (χ1n) is 9.17. The van der Waals surface area contributed by atoms with E-state index >= 15 is 0 Å². The molecule has 0 aliphatic heterocycles. The highest BCUT2D eigenvalue weighted by Crippen LogP contribution is 2.31. The molecule has 2 aromatic carbocycles. The molecule has 1 atom stereocenters. The van der Waals surface area contributed by atoms with Gasteiger partial charge in [0.2, 0.25) is 0 Å². The first kappa shape index (κ1) is 20.5. The predicted molar refractivity (Wildman–Crippen MR) is 115 cm³/mol. The molecule has 2 heterocycles. The molecule has 1 unspecified atom stereocenters. The van der Waals surface area contributed by atoms with E-state index in [-0.39, 0.29) is 11.5 Å². The molecule has 4 rings (SSSR count). The number of nitrogens with one attached hydrogen (secondary N) is 2. The molecule has 0 aliphatic rings. The average Bonchev–Trinajstić information content (AvgIpc) is 3.09. The minimum Gasteiger partial charge on any atom is -0.465 e. The van der Waals surface area contributed by atoms with Crippen LogP contribution in [0.5, 0.6) is 0 Å². The summed E-state index contributed by atoms with van der Waals surface area (Å²) in [5.41, 5.74) is 2.41. The van der Waals surface area contributed by atoms with E-state index in [1.54, 1.807) is 48.0 Å². The molecule has 31 heavy (non-hydrogen) atoms. The Labute approximate surface area is 181 Å². The zero-order valence-electron chi connectivity index (χ0n) is 16.2. The molecule has 0 aliphatic carbocycles. The molecule has 10 heteroatoms. The number of rotatable bonds is 4. The summed E-state index contributed by atoms with van der Waals surface area (Å²) in [5, 5.41) is 30.3. The minimum atomic E-state index is -1.40. The average molecular weight is 437 g/mol. The highest BCUT2D eigenvalue weighted by Gasteiger charge is 2.24. The lowest BCUT2D eigenvalue weighted by molar-refractivity contribution is 0.200. The van der Waals surface area contributed by atoms with Gasteiger partial charge >= 0.3 is 6.09 Å². The third kappa shape index (κ3) is 3.96. The number of amides is 1. The first-order chi connectivity index (χ1) is 14.8. The highest BCUT2D eigenvalue weighted by atomic mass is 35.5. The molecule has 0 bridgehead atoms. The first-order valence-corrected chi connectivity index (χ1v) is 9.55. The van der Waals surface area contributed by atoms with Gasteiger partial charge in [0.25, 0.3) is 0 Å². The number of aliphatic hydroxyl groups excluding tert-OH is 1. The van der Waals surface area contributed by atoms with Gasteiger partial charge in [0.05, 0.1) is 0 Å². The van der Waals surface area contributed by atoms with Crippen LogP contribution in [0, 0.1) is 5.41 Å². The van der Waals surface area contributed by atoms with Crippen LogP contribution in [0.2, 0.25) is 5.02 Å². The monoisotopic (exact) mass is 436 g/mol. The van der Waals surface area contributed by atoms with Crippen LogP contribution in [-0.2, 0) is 7.05 Å². The Hall–Kier alpha value is -3.82. The molecule has 2 aromatic heterocycles. The Morgan fingerprint density at radius 3 is 2.55 bits per heavy atom. The largest absolute Gasteiger partial charge is 0.465 e. The predicted octanol–water partition coefficient (Wildman–Crippen LogP) is 3.36. The molecule has 0 saturated carbocycles. The van der Waals surface area contributed by atoms with Gasteiger partial charge in [0.15, 0.2) is 17.3 Å². The van der Waals surface area contributed by atoms with Crippen molar-refractivity contribution >= 4 is 34.7 Å². The SMILES string of the molecule is Cn1c(C(O)c2ccccc2)nc2nc(C(=N)NC(=O)O)nc(-c3cccc(Cl)c3)c21. The van der Waals surface area contributed by atoms with Gasteiger partial charge in [-0.2, -0.15) is 0 Å². The van der Waals surface area contributed by atoms with Crippen molar-refractivity contribution in [3.05, 3.63) is 76.8 Å². The molecule has 9 nitrogen and oxygen atoms in total. The van der Waals surface area contributed by atoms with Gasteiger partial charge in [-0.15, -0.1) is 0 Å². The number of benzene rings is 2. The van der Waals surface area contributed by atoms with Crippen LogP contribution in [0.25, 0.3) is 22.4 Å². The van der Waals surface area contributed by atoms with Gasteiger partial charge in [0.1, 0.15) is 23.1 Å². The fourth-order valence-corrected chi connectivity index (χ4v) is 3.46. The van der Waals surface area contributed by atoms with Crippen LogP contribution in [0.1, 0.15) is 23.3 Å². The molecular formula is C21H17ClN6O3. The maximum Gasteiger partial charge on any atom is 0.410 e. The maximum absolute atomic E-state index is 11.0. The van der Waals surface area contributed by atoms with Crippen molar-refractivity contribution in [3.63, 3.8) is 0 Å². The standard InChI is InChI=1S/C21H17ClN6O3/c1-28-15-14(12-8-5-9-13(22)10-12)24-19(17(23)25-21(30)31)26-18(15)27-20(28)16(29)11-6-3-2-4-7-11/h2-10,16,29H,1H3,(H2,23,25)(H,30,31). The quantitative estimate of drug-likeness (QED) is 0.286. The number of aliphatic hydroxyl groups is 1. The van der Waals surface area contributed by atoms with Crippen molar-refractivity contribution in [1.82, 2.24) is 24.8 Å². The summed E-state index contributed by atoms with van der Waals surface area (Å²) in [5.74, 6) is -0.314. The number of aromatic nitrogens is 4. The third-order valence-electron chi connectivity index (χ3n) is 4.68. The minimum absolute atomic E-state index is 0.149. The summed E-state index contributed by atoms with van der Waals surface area (Å²) in [6.07, 6.45) is -2.42. The summed E-state index contributed by atoms with van der Waals surface area (Å²) in [6.45, 7) is 0. The van der Waals surface area contributed by atoms with Gasteiger partial charge in [-0.3, -0.25) is 10.7 Å². The number of imidazole rings is 1. The summed E-state index contributed by atoms with van der Waals surface area (Å²) in [6, 6.07) is 16.0. The molecule has 0 saturated heterocycles. The Morgan fingerprint density at radius 1 is 1.13 bits per heavy atom. The summed E-state index contributed by atoms with van der Waals surface area (Å²) >= 11 is 6.15. The van der Waals surface area contributed by atoms with Crippen LogP contribution in [0.4, 0.5) is 4.79 Å². The van der Waals surface area contributed by atoms with Crippen molar-refractivity contribution in [3.8, 4) is 11.3 Å². The Morgan fingerprint density at radius 2 is 1.87 bits per heavy atom. The molecule has 4 aromatic rings. The molecule has 4 N–H and O–H groups in total. The van der Waals surface area contributed by atoms with Gasteiger partial charge in [-0.1, -0.05) is 54.1 Å². The summed E-state index contributed by atoms with van der Waals surface area (Å²) in [7, 11) is 1.73. The second kappa shape index (κ2) is 8.13. The van der Waals surface area contributed by atoms with E-state index in [1.165, 1.54) is 0 Å². The number of carboxylic acid groups (broad SMARTS) is 1. The molecular weight excluding hydrogens is 420 g/mol. The molecule has 0 spiro atoms. The van der Waals surface area contributed by atoms with E-state index in [0.717, 1.165) is 0 Å². The normalized spacial score (nSPS) is 12.0. The Balaban J connectivity index is 1.95. The van der Waals surface area contributed by atoms with Gasteiger partial charge in [0, 0.05) is 17.6 Å². The van der Waals surface area contributed by atoms with Crippen molar-refractivity contribution < 1.29 is 15.0 Å². The van der Waals surface area contributed by atoms with Gasteiger partial charge < -0.3 is 14.8 Å². The summed E-state index contributed by atoms with van der Waals surface area (Å²) in [4.78, 5) is 24.1. The lowest BCUT2D eigenvalue weighted by Crippen LogP contribution is -2.30. The highest BCUT2D eigenvalue weighted by molar-refractivity contribution is 6.30. The number of carbonyl (C=O) groups is 1. The maximum atomic E-state index is 11.0. The number of hydrogen-bond acceptors (Lipinski definition) is 6. The summed E-state index contributed by atoms with van der Waals surface area (Å²) < 4.78 is 1.68. The topological polar surface area (TPSA) is 137 Å². The fraction of sp³-hybridized carbons (Fsp3) is 0.0952. The number of nitrogens with zero attached hydrogens (tertiary/aromatic N) is 4. The van der Waals surface area contributed by atoms with Crippen LogP contribution in [0.15, 0.2) is 54.6 Å². The molecule has 156 valence electrons. The van der Waals surface area contributed by atoms with Crippen LogP contribution in [0.3, 0.4) is 0 Å². The van der Waals surface area contributed by atoms with Crippen LogP contribution >= 0.6 is 11.6 Å². The van der Waals surface area contributed by atoms with E-state index in [1.807, 2.05) is 23.5 Å². The number of halogens is 1. The Bertz CT molecular complexity index is 1310. The molecule has 0 fully saturated rings. The van der Waals surface area contributed by atoms with Crippen molar-refractivity contribution in [2.24, 2.45) is 7.05 Å². The number of fused-ring (bicyclic) bond motifs is 1. The fourth-order valence-electron chi connectivity index (χ4n) is 3.27. The van der Waals surface area contributed by atoms with Crippen LogP contribution < -0.4 is 5.32 Å². The van der Waals surface area contributed by atoms with Crippen molar-refractivity contribution in [2.45, 2.75) is 6.10 Å². The molecule has 1 amide bonds. The zero-order chi connectivity index (χ0) is 22.1. The van der Waals surface area contributed by atoms with E-state index in [2.05, 4.69) is 15.0 Å². The third-order valence-corrected chi connectivity index (χ3v) is 4.91. The van der Waals surface area contributed by atoms with E-state index in [0.29, 0.717) is 33.2 Å². The second-order valence-electron chi connectivity index (χ2n) is 6.73. The van der Waals surface area contributed by atoms with Crippen molar-refractivity contribution in [2.75, 3.05) is 0 Å². The lowest BCUT2D eigenvalue weighted by Gasteiger charge is -2.12. The number of hydrogen-bond donors (Lipinski definition) is 4. The smallest absolute Gasteiger partial charge is 0.410 e. The van der Waals surface area contributed by atoms with Gasteiger partial charge in [-0.05, 0) is 17.7 Å². The second-order valence-corrected chi connectivity index (χ2v) is 7.16. The molecule has 0 radical (unpaired) electrons. The van der Waals surface area contributed by atoms with E-state index in [4.69, 9.17) is 22.1 Å². The van der Waals surface area contributed by atoms with Crippen molar-refractivity contribution in [1.29, 1.82) is 5.41 Å².